The summed E-state index contributed by atoms with van der Waals surface area (Å²) >= 11 is 0. The summed E-state index contributed by atoms with van der Waals surface area (Å²) in [6, 6.07) is 0.0873. The lowest BCUT2D eigenvalue weighted by atomic mass is 10.1. The molecule has 1 aliphatic rings. The SMILES string of the molecule is O=C(O)c1cn2c(n1)NCCC2CCN[P+](=O)O. The van der Waals surface area contributed by atoms with Gasteiger partial charge in [0.2, 0.25) is 5.95 Å². The molecule has 0 aliphatic carbocycles. The minimum absolute atomic E-state index is 0.00518. The van der Waals surface area contributed by atoms with Crippen molar-refractivity contribution >= 4 is 20.1 Å². The molecule has 2 rings (SSSR count). The summed E-state index contributed by atoms with van der Waals surface area (Å²) in [6.07, 6.45) is 2.96. The van der Waals surface area contributed by atoms with E-state index in [1.165, 1.54) is 6.20 Å². The van der Waals surface area contributed by atoms with Gasteiger partial charge in [-0.15, -0.1) is 4.89 Å². The fourth-order valence-electron chi connectivity index (χ4n) is 2.01. The number of fused-ring (bicyclic) bond motifs is 1. The highest BCUT2D eigenvalue weighted by molar-refractivity contribution is 7.35. The predicted octanol–water partition coefficient (Wildman–Crippen LogP) is 0.567. The zero-order valence-corrected chi connectivity index (χ0v) is 10.4. The first-order valence-electron chi connectivity index (χ1n) is 5.53. The first-order valence-corrected chi connectivity index (χ1v) is 6.75. The molecule has 2 atom stereocenters. The Morgan fingerprint density at radius 2 is 2.50 bits per heavy atom. The molecule has 8 nitrogen and oxygen atoms in total. The molecule has 1 aromatic rings. The maximum atomic E-state index is 10.8. The van der Waals surface area contributed by atoms with E-state index < -0.39 is 14.1 Å². The Kier molecular flexibility index (Phi) is 3.90. The van der Waals surface area contributed by atoms with Crippen molar-refractivity contribution in [3.8, 4) is 0 Å². The third kappa shape index (κ3) is 2.84. The maximum absolute atomic E-state index is 10.8. The number of rotatable bonds is 5. The van der Waals surface area contributed by atoms with Crippen molar-refractivity contribution in [1.82, 2.24) is 14.6 Å². The van der Waals surface area contributed by atoms with Crippen LogP contribution in [0.1, 0.15) is 29.4 Å². The average Bonchev–Trinajstić information content (AvgIpc) is 2.73. The van der Waals surface area contributed by atoms with Crippen molar-refractivity contribution < 1.29 is 19.4 Å². The topological polar surface area (TPSA) is 116 Å². The second kappa shape index (κ2) is 5.43. The van der Waals surface area contributed by atoms with Crippen LogP contribution in [0.5, 0.6) is 0 Å². The van der Waals surface area contributed by atoms with Crippen LogP contribution in [0.25, 0.3) is 0 Å². The van der Waals surface area contributed by atoms with Crippen molar-refractivity contribution in [1.29, 1.82) is 0 Å². The summed E-state index contributed by atoms with van der Waals surface area (Å²) < 4.78 is 12.3. The van der Waals surface area contributed by atoms with Gasteiger partial charge in [0.15, 0.2) is 5.69 Å². The zero-order valence-electron chi connectivity index (χ0n) is 9.54. The number of carbonyl (C=O) groups is 1. The number of imidazole rings is 1. The highest BCUT2D eigenvalue weighted by Crippen LogP contribution is 2.26. The molecule has 0 aromatic carbocycles. The van der Waals surface area contributed by atoms with Gasteiger partial charge in [0.1, 0.15) is 0 Å². The Hall–Kier alpha value is -1.50. The lowest BCUT2D eigenvalue weighted by Gasteiger charge is -2.25. The van der Waals surface area contributed by atoms with Crippen molar-refractivity contribution in [3.63, 3.8) is 0 Å². The second-order valence-corrected chi connectivity index (χ2v) is 4.86. The van der Waals surface area contributed by atoms with Gasteiger partial charge in [0.05, 0.1) is 0 Å². The summed E-state index contributed by atoms with van der Waals surface area (Å²) in [5.41, 5.74) is 0.00518. The monoisotopic (exact) mass is 273 g/mol. The minimum Gasteiger partial charge on any atom is -0.476 e. The predicted molar refractivity (Wildman–Crippen MR) is 63.8 cm³/mol. The number of aromatic nitrogens is 2. The van der Waals surface area contributed by atoms with E-state index in [0.717, 1.165) is 6.42 Å². The molecule has 9 heteroatoms. The van der Waals surface area contributed by atoms with E-state index in [1.807, 2.05) is 0 Å². The summed E-state index contributed by atoms with van der Waals surface area (Å²) in [6.45, 7) is 1.11. The molecule has 98 valence electrons. The summed E-state index contributed by atoms with van der Waals surface area (Å²) in [5, 5.41) is 14.4. The van der Waals surface area contributed by atoms with E-state index in [0.29, 0.717) is 25.5 Å². The van der Waals surface area contributed by atoms with Gasteiger partial charge in [-0.3, -0.25) is 0 Å². The average molecular weight is 273 g/mol. The lowest BCUT2D eigenvalue weighted by molar-refractivity contribution is 0.0691. The molecule has 0 saturated heterocycles. The number of hydrogen-bond donors (Lipinski definition) is 4. The fraction of sp³-hybridized carbons (Fsp3) is 0.556. The molecule has 1 aliphatic heterocycles. The highest BCUT2D eigenvalue weighted by atomic mass is 31.1. The Bertz CT molecular complexity index is 475. The Morgan fingerprint density at radius 1 is 1.72 bits per heavy atom. The molecule has 4 N–H and O–H groups in total. The number of nitrogens with zero attached hydrogens (tertiary/aromatic N) is 2. The first-order chi connectivity index (χ1) is 8.58. The van der Waals surface area contributed by atoms with Crippen LogP contribution in [0.2, 0.25) is 0 Å². The Morgan fingerprint density at radius 3 is 3.17 bits per heavy atom. The lowest BCUT2D eigenvalue weighted by Crippen LogP contribution is -2.24. The number of aromatic carboxylic acids is 1. The number of anilines is 1. The summed E-state index contributed by atoms with van der Waals surface area (Å²) in [4.78, 5) is 23.5. The van der Waals surface area contributed by atoms with Crippen molar-refractivity contribution in [2.45, 2.75) is 18.9 Å². The molecule has 0 amide bonds. The van der Waals surface area contributed by atoms with E-state index in [1.54, 1.807) is 4.57 Å². The summed E-state index contributed by atoms with van der Waals surface area (Å²) in [5.74, 6) is -0.522. The highest BCUT2D eigenvalue weighted by Gasteiger charge is 2.23. The van der Waals surface area contributed by atoms with Gasteiger partial charge in [-0.25, -0.2) is 9.78 Å². The van der Waals surface area contributed by atoms with Crippen LogP contribution in [0, 0.1) is 0 Å². The quantitative estimate of drug-likeness (QED) is 0.579. The van der Waals surface area contributed by atoms with Crippen molar-refractivity contribution in [3.05, 3.63) is 11.9 Å². The van der Waals surface area contributed by atoms with Gasteiger partial charge in [-0.1, -0.05) is 5.09 Å². The van der Waals surface area contributed by atoms with E-state index in [-0.39, 0.29) is 11.7 Å². The largest absolute Gasteiger partial charge is 0.610 e. The molecular weight excluding hydrogens is 259 g/mol. The van der Waals surface area contributed by atoms with Gasteiger partial charge in [0, 0.05) is 25.3 Å². The third-order valence-corrected chi connectivity index (χ3v) is 3.32. The smallest absolute Gasteiger partial charge is 0.476 e. The van der Waals surface area contributed by atoms with E-state index >= 15 is 0 Å². The number of carboxylic acid groups (broad SMARTS) is 1. The van der Waals surface area contributed by atoms with E-state index in [9.17, 15) is 9.36 Å². The van der Waals surface area contributed by atoms with Gasteiger partial charge >= 0.3 is 14.1 Å². The van der Waals surface area contributed by atoms with Crippen LogP contribution >= 0.6 is 8.18 Å². The van der Waals surface area contributed by atoms with Crippen molar-refractivity contribution in [2.24, 2.45) is 0 Å². The normalized spacial score (nSPS) is 18.9. The second-order valence-electron chi connectivity index (χ2n) is 4.00. The molecule has 0 radical (unpaired) electrons. The third-order valence-electron chi connectivity index (χ3n) is 2.83. The maximum Gasteiger partial charge on any atom is 0.610 e. The number of carboxylic acids is 1. The fourth-order valence-corrected chi connectivity index (χ4v) is 2.33. The molecule has 0 spiro atoms. The molecule has 0 saturated carbocycles. The summed E-state index contributed by atoms with van der Waals surface area (Å²) in [7, 11) is -2.33. The molecule has 2 heterocycles. The number of nitrogens with one attached hydrogen (secondary N) is 2. The molecule has 0 fully saturated rings. The first kappa shape index (κ1) is 12.9. The molecule has 2 unspecified atom stereocenters. The van der Waals surface area contributed by atoms with Gasteiger partial charge < -0.3 is 15.0 Å². The van der Waals surface area contributed by atoms with E-state index in [4.69, 9.17) is 10.00 Å². The Labute approximate surface area is 104 Å². The molecular formula is C9H14N4O4P+. The van der Waals surface area contributed by atoms with Crippen LogP contribution in [0.3, 0.4) is 0 Å². The van der Waals surface area contributed by atoms with Crippen LogP contribution in [0.4, 0.5) is 5.95 Å². The van der Waals surface area contributed by atoms with Crippen LogP contribution in [-0.4, -0.2) is 38.6 Å². The van der Waals surface area contributed by atoms with Gasteiger partial charge in [0.25, 0.3) is 0 Å². The van der Waals surface area contributed by atoms with Crippen LogP contribution in [-0.2, 0) is 4.57 Å². The van der Waals surface area contributed by atoms with Crippen molar-refractivity contribution in [2.75, 3.05) is 18.4 Å². The molecule has 18 heavy (non-hydrogen) atoms. The molecule has 0 bridgehead atoms. The van der Waals surface area contributed by atoms with Gasteiger partial charge in [-0.2, -0.15) is 0 Å². The zero-order chi connectivity index (χ0) is 13.1. The van der Waals surface area contributed by atoms with Crippen LogP contribution in [0.15, 0.2) is 6.20 Å². The minimum atomic E-state index is -2.33. The van der Waals surface area contributed by atoms with Crippen LogP contribution < -0.4 is 10.4 Å². The van der Waals surface area contributed by atoms with Gasteiger partial charge in [-0.05, 0) is 17.4 Å². The standard InChI is InChI=1S/C9H13N4O4P/c14-8(15)7-5-13-6(2-4-11-18(16)17)1-3-10-9(13)12-7/h5-6H,1-4H2,(H3-,10,11,12,14,15,16,17)/p+1. The van der Waals surface area contributed by atoms with E-state index in [2.05, 4.69) is 15.4 Å². The Balaban J connectivity index is 2.07. The molecule has 1 aromatic heterocycles. The number of hydrogen-bond acceptors (Lipinski definition) is 4.